The summed E-state index contributed by atoms with van der Waals surface area (Å²) in [6.45, 7) is 2.95. The van der Waals surface area contributed by atoms with Gasteiger partial charge in [0.25, 0.3) is 5.91 Å². The van der Waals surface area contributed by atoms with E-state index in [4.69, 9.17) is 14.0 Å². The summed E-state index contributed by atoms with van der Waals surface area (Å²) in [5.41, 5.74) is 1.79. The van der Waals surface area contributed by atoms with E-state index in [0.717, 1.165) is 37.1 Å². The minimum Gasteiger partial charge on any atom is -0.497 e. The van der Waals surface area contributed by atoms with Crippen molar-refractivity contribution in [2.45, 2.75) is 25.8 Å². The van der Waals surface area contributed by atoms with Crippen LogP contribution in [0.25, 0.3) is 11.4 Å². The molecule has 1 aliphatic heterocycles. The molecule has 1 unspecified atom stereocenters. The number of rotatable bonds is 11. The molecular formula is C27H33N5O5. The Morgan fingerprint density at radius 2 is 1.95 bits per heavy atom. The van der Waals surface area contributed by atoms with Gasteiger partial charge in [0.15, 0.2) is 0 Å². The first kappa shape index (κ1) is 26.3. The first-order valence-electron chi connectivity index (χ1n) is 12.4. The summed E-state index contributed by atoms with van der Waals surface area (Å²) in [6.07, 6.45) is 2.37. The third kappa shape index (κ3) is 7.14. The lowest BCUT2D eigenvalue weighted by atomic mass is 9.96. The van der Waals surface area contributed by atoms with Crippen LogP contribution in [0.1, 0.15) is 35.5 Å². The van der Waals surface area contributed by atoms with Crippen LogP contribution < -0.4 is 15.4 Å². The van der Waals surface area contributed by atoms with Crippen LogP contribution in [0.5, 0.6) is 5.75 Å². The Hall–Kier alpha value is -3.76. The first-order valence-corrected chi connectivity index (χ1v) is 12.4. The number of carbonyl (C=O) groups excluding carboxylic acids is 2. The van der Waals surface area contributed by atoms with Gasteiger partial charge in [0.1, 0.15) is 5.75 Å². The van der Waals surface area contributed by atoms with E-state index in [-0.39, 0.29) is 17.7 Å². The first-order chi connectivity index (χ1) is 18.1. The number of carbonyl (C=O) groups is 2. The summed E-state index contributed by atoms with van der Waals surface area (Å²) in [5.74, 6) is 1.24. The largest absolute Gasteiger partial charge is 0.497 e. The standard InChI is InChI=1S/C27H33N5O5/c1-35-16-6-14-28-27(34)22-8-3-4-9-23(22)29-26(33)20-7-5-15-32(17-20)18-24-30-25(31-37-24)19-10-12-21(36-2)13-11-19/h3-4,8-13,20H,5-7,14-18H2,1-2H3,(H,28,34)(H,29,33). The van der Waals surface area contributed by atoms with Gasteiger partial charge in [0.2, 0.25) is 17.6 Å². The number of hydrogen-bond donors (Lipinski definition) is 2. The number of anilines is 1. The molecule has 0 bridgehead atoms. The van der Waals surface area contributed by atoms with Crippen LogP contribution in [0.15, 0.2) is 53.1 Å². The number of hydrogen-bond acceptors (Lipinski definition) is 8. The summed E-state index contributed by atoms with van der Waals surface area (Å²) in [7, 11) is 3.25. The van der Waals surface area contributed by atoms with E-state index < -0.39 is 0 Å². The Bertz CT molecular complexity index is 1180. The fourth-order valence-corrected chi connectivity index (χ4v) is 4.32. The highest BCUT2D eigenvalue weighted by atomic mass is 16.5. The van der Waals surface area contributed by atoms with Crippen molar-refractivity contribution in [2.75, 3.05) is 45.8 Å². The Kier molecular flexibility index (Phi) is 9.23. The molecule has 2 amide bonds. The van der Waals surface area contributed by atoms with Crippen molar-refractivity contribution in [2.24, 2.45) is 5.92 Å². The van der Waals surface area contributed by atoms with Gasteiger partial charge in [-0.25, -0.2) is 0 Å². The number of benzene rings is 2. The third-order valence-corrected chi connectivity index (χ3v) is 6.29. The molecule has 0 radical (unpaired) electrons. The van der Waals surface area contributed by atoms with Crippen molar-refractivity contribution < 1.29 is 23.6 Å². The van der Waals surface area contributed by atoms with Gasteiger partial charge in [-0.3, -0.25) is 14.5 Å². The second kappa shape index (κ2) is 13.0. The molecule has 4 rings (SSSR count). The van der Waals surface area contributed by atoms with E-state index in [0.29, 0.717) is 49.2 Å². The zero-order valence-corrected chi connectivity index (χ0v) is 21.2. The number of piperidine rings is 1. The molecule has 196 valence electrons. The van der Waals surface area contributed by atoms with Gasteiger partial charge >= 0.3 is 0 Å². The fourth-order valence-electron chi connectivity index (χ4n) is 4.32. The third-order valence-electron chi connectivity index (χ3n) is 6.29. The van der Waals surface area contributed by atoms with E-state index in [1.807, 2.05) is 24.3 Å². The molecular weight excluding hydrogens is 474 g/mol. The van der Waals surface area contributed by atoms with Crippen LogP contribution in [0, 0.1) is 5.92 Å². The normalized spacial score (nSPS) is 15.8. The fraction of sp³-hybridized carbons (Fsp3) is 0.407. The van der Waals surface area contributed by atoms with Crippen molar-refractivity contribution in [1.82, 2.24) is 20.4 Å². The van der Waals surface area contributed by atoms with Gasteiger partial charge in [-0.05, 0) is 62.2 Å². The Morgan fingerprint density at radius 1 is 1.14 bits per heavy atom. The predicted octanol–water partition coefficient (Wildman–Crippen LogP) is 3.36. The van der Waals surface area contributed by atoms with Crippen molar-refractivity contribution in [1.29, 1.82) is 0 Å². The molecule has 1 atom stereocenters. The molecule has 3 aromatic rings. The average Bonchev–Trinajstić information content (AvgIpc) is 3.40. The molecule has 0 saturated carbocycles. The van der Waals surface area contributed by atoms with Crippen LogP contribution in [0.4, 0.5) is 5.69 Å². The number of nitrogens with one attached hydrogen (secondary N) is 2. The highest BCUT2D eigenvalue weighted by Gasteiger charge is 2.28. The summed E-state index contributed by atoms with van der Waals surface area (Å²) < 4.78 is 15.7. The van der Waals surface area contributed by atoms with Crippen molar-refractivity contribution in [3.8, 4) is 17.1 Å². The smallest absolute Gasteiger partial charge is 0.253 e. The van der Waals surface area contributed by atoms with Gasteiger partial charge in [-0.2, -0.15) is 4.98 Å². The molecule has 2 aromatic carbocycles. The number of likely N-dealkylation sites (tertiary alicyclic amines) is 1. The van der Waals surface area contributed by atoms with E-state index in [2.05, 4.69) is 25.7 Å². The number of amides is 2. The molecule has 10 heteroatoms. The minimum atomic E-state index is -0.221. The highest BCUT2D eigenvalue weighted by Crippen LogP contribution is 2.24. The molecule has 1 fully saturated rings. The summed E-state index contributed by atoms with van der Waals surface area (Å²) in [4.78, 5) is 32.4. The Balaban J connectivity index is 1.33. The summed E-state index contributed by atoms with van der Waals surface area (Å²) >= 11 is 0. The van der Waals surface area contributed by atoms with Gasteiger partial charge < -0.3 is 24.6 Å². The maximum Gasteiger partial charge on any atom is 0.253 e. The molecule has 1 saturated heterocycles. The molecule has 1 aromatic heterocycles. The number of para-hydroxylation sites is 1. The van der Waals surface area contributed by atoms with Crippen LogP contribution in [0.2, 0.25) is 0 Å². The summed E-state index contributed by atoms with van der Waals surface area (Å²) in [5, 5.41) is 9.94. The van der Waals surface area contributed by atoms with Crippen LogP contribution in [-0.4, -0.2) is 67.3 Å². The van der Waals surface area contributed by atoms with Crippen molar-refractivity contribution >= 4 is 17.5 Å². The molecule has 10 nitrogen and oxygen atoms in total. The minimum absolute atomic E-state index is 0.103. The molecule has 0 aliphatic carbocycles. The average molecular weight is 508 g/mol. The second-order valence-electron chi connectivity index (χ2n) is 8.95. The number of nitrogens with zero attached hydrogens (tertiary/aromatic N) is 3. The summed E-state index contributed by atoms with van der Waals surface area (Å²) in [6, 6.07) is 14.5. The molecule has 37 heavy (non-hydrogen) atoms. The zero-order valence-electron chi connectivity index (χ0n) is 21.2. The zero-order chi connectivity index (χ0) is 26.0. The number of ether oxygens (including phenoxy) is 2. The predicted molar refractivity (Wildman–Crippen MR) is 138 cm³/mol. The van der Waals surface area contributed by atoms with E-state index in [1.54, 1.807) is 38.5 Å². The number of methoxy groups -OCH3 is 2. The Morgan fingerprint density at radius 3 is 2.73 bits per heavy atom. The van der Waals surface area contributed by atoms with Crippen LogP contribution in [-0.2, 0) is 16.1 Å². The van der Waals surface area contributed by atoms with Gasteiger partial charge in [0, 0.05) is 32.4 Å². The molecule has 0 spiro atoms. The monoisotopic (exact) mass is 507 g/mol. The highest BCUT2D eigenvalue weighted by molar-refractivity contribution is 6.04. The molecule has 2 N–H and O–H groups in total. The SMILES string of the molecule is COCCCNC(=O)c1ccccc1NC(=O)C1CCCN(Cc2nc(-c3ccc(OC)cc3)no2)C1. The van der Waals surface area contributed by atoms with E-state index >= 15 is 0 Å². The quantitative estimate of drug-likeness (QED) is 0.379. The van der Waals surface area contributed by atoms with Gasteiger partial charge in [-0.1, -0.05) is 17.3 Å². The lowest BCUT2D eigenvalue weighted by Crippen LogP contribution is -2.40. The van der Waals surface area contributed by atoms with Crippen LogP contribution in [0.3, 0.4) is 0 Å². The maximum atomic E-state index is 13.1. The Labute approximate surface area is 216 Å². The van der Waals surface area contributed by atoms with E-state index in [1.165, 1.54) is 0 Å². The van der Waals surface area contributed by atoms with Gasteiger partial charge in [-0.15, -0.1) is 0 Å². The van der Waals surface area contributed by atoms with Gasteiger partial charge in [0.05, 0.1) is 30.8 Å². The lowest BCUT2D eigenvalue weighted by Gasteiger charge is -2.31. The van der Waals surface area contributed by atoms with E-state index in [9.17, 15) is 9.59 Å². The lowest BCUT2D eigenvalue weighted by molar-refractivity contribution is -0.121. The number of aromatic nitrogens is 2. The maximum absolute atomic E-state index is 13.1. The van der Waals surface area contributed by atoms with Crippen LogP contribution >= 0.6 is 0 Å². The molecule has 1 aliphatic rings. The topological polar surface area (TPSA) is 119 Å². The van der Waals surface area contributed by atoms with Crippen molar-refractivity contribution in [3.63, 3.8) is 0 Å². The van der Waals surface area contributed by atoms with Crippen molar-refractivity contribution in [3.05, 3.63) is 60.0 Å². The molecule has 2 heterocycles. The second-order valence-corrected chi connectivity index (χ2v) is 8.95.